The van der Waals surface area contributed by atoms with Gasteiger partial charge < -0.3 is 14.0 Å². The zero-order valence-electron chi connectivity index (χ0n) is 17.7. The molecule has 146 valence electrons. The molecule has 0 N–H and O–H groups in total. The molecular weight excluding hydrogens is 353 g/mol. The Morgan fingerprint density at radius 3 is 2.48 bits per heavy atom. The second kappa shape index (κ2) is 6.59. The molecule has 1 heterocycles. The maximum atomic E-state index is 13.3. The van der Waals surface area contributed by atoms with Crippen molar-refractivity contribution in [2.45, 2.75) is 70.1 Å². The summed E-state index contributed by atoms with van der Waals surface area (Å²) < 4.78 is 6.52. The van der Waals surface area contributed by atoms with Gasteiger partial charge in [0.25, 0.3) is 0 Å². The highest BCUT2D eigenvalue weighted by Crippen LogP contribution is 2.56. The van der Waals surface area contributed by atoms with Crippen LogP contribution in [0, 0.1) is 5.92 Å². The summed E-state index contributed by atoms with van der Waals surface area (Å²) in [7, 11) is -1.80. The first kappa shape index (κ1) is 20.3. The van der Waals surface area contributed by atoms with Crippen LogP contribution in [0.25, 0.3) is 0 Å². The van der Waals surface area contributed by atoms with Gasteiger partial charge in [0.1, 0.15) is 6.19 Å². The lowest BCUT2D eigenvalue weighted by molar-refractivity contribution is -0.129. The Labute approximate surface area is 165 Å². The summed E-state index contributed by atoms with van der Waals surface area (Å²) in [4.78, 5) is 26.4. The Kier molecular flexibility index (Phi) is 4.96. The first-order valence-electron chi connectivity index (χ1n) is 9.91. The van der Waals surface area contributed by atoms with Crippen molar-refractivity contribution >= 4 is 27.8 Å². The van der Waals surface area contributed by atoms with Gasteiger partial charge in [0, 0.05) is 17.4 Å². The second-order valence-electron chi connectivity index (χ2n) is 10.1. The van der Waals surface area contributed by atoms with Gasteiger partial charge in [0.15, 0.2) is 8.32 Å². The van der Waals surface area contributed by atoms with Crippen molar-refractivity contribution < 1.29 is 14.0 Å². The molecule has 1 unspecified atom stereocenters. The highest BCUT2D eigenvalue weighted by atomic mass is 28.4. The van der Waals surface area contributed by atoms with Crippen LogP contribution in [0.5, 0.6) is 0 Å². The minimum atomic E-state index is -1.94. The van der Waals surface area contributed by atoms with E-state index in [0.29, 0.717) is 6.61 Å². The minimum absolute atomic E-state index is 0.0789. The Bertz CT molecular complexity index is 756. The average Bonchev–Trinajstić information content (AvgIpc) is 2.97. The van der Waals surface area contributed by atoms with E-state index in [0.717, 1.165) is 6.19 Å². The molecule has 4 nitrogen and oxygen atoms in total. The number of hydrogen-bond acceptors (Lipinski definition) is 3. The van der Waals surface area contributed by atoms with E-state index in [9.17, 15) is 9.59 Å². The van der Waals surface area contributed by atoms with Crippen molar-refractivity contribution in [3.63, 3.8) is 0 Å². The van der Waals surface area contributed by atoms with Crippen LogP contribution < -0.4 is 0 Å². The van der Waals surface area contributed by atoms with Crippen LogP contribution in [0.2, 0.25) is 18.1 Å². The molecule has 3 rings (SSSR count). The van der Waals surface area contributed by atoms with Gasteiger partial charge in [-0.1, -0.05) is 58.9 Å². The summed E-state index contributed by atoms with van der Waals surface area (Å²) >= 11 is 0. The van der Waals surface area contributed by atoms with Crippen LogP contribution in [0.3, 0.4) is 0 Å². The third-order valence-corrected chi connectivity index (χ3v) is 11.7. The Morgan fingerprint density at radius 2 is 1.89 bits per heavy atom. The number of hydrogen-bond donors (Lipinski definition) is 0. The van der Waals surface area contributed by atoms with Crippen LogP contribution in [0.1, 0.15) is 51.7 Å². The molecule has 0 spiro atoms. The number of amides is 1. The van der Waals surface area contributed by atoms with Crippen molar-refractivity contribution in [2.24, 2.45) is 5.92 Å². The highest BCUT2D eigenvalue weighted by Gasteiger charge is 2.59. The molecule has 0 bridgehead atoms. The van der Waals surface area contributed by atoms with E-state index in [1.54, 1.807) is 4.81 Å². The summed E-state index contributed by atoms with van der Waals surface area (Å²) in [6, 6.07) is 8.33. The third-order valence-electron chi connectivity index (χ3n) is 7.21. The molecule has 1 aromatic carbocycles. The normalized spacial score (nSPS) is 26.7. The van der Waals surface area contributed by atoms with E-state index >= 15 is 0 Å². The predicted molar refractivity (Wildman–Crippen MR) is 113 cm³/mol. The number of nitrogens with zero attached hydrogens (tertiary/aromatic N) is 1. The van der Waals surface area contributed by atoms with E-state index in [-0.39, 0.29) is 41.7 Å². The van der Waals surface area contributed by atoms with Crippen molar-refractivity contribution in [1.29, 1.82) is 0 Å². The van der Waals surface area contributed by atoms with E-state index in [1.165, 1.54) is 11.1 Å². The molecule has 1 aromatic rings. The summed E-state index contributed by atoms with van der Waals surface area (Å²) in [5.74, 6) is 0.0633. The zero-order valence-corrected chi connectivity index (χ0v) is 18.7. The first-order chi connectivity index (χ1) is 12.4. The predicted octanol–water partition coefficient (Wildman–Crippen LogP) is 3.45. The largest absolute Gasteiger partial charge is 0.415 e. The smallest absolute Gasteiger partial charge is 0.313 e. The van der Waals surface area contributed by atoms with Gasteiger partial charge in [-0.3, -0.25) is 4.79 Å². The van der Waals surface area contributed by atoms with Gasteiger partial charge >= 0.3 is 7.41 Å². The highest BCUT2D eigenvalue weighted by molar-refractivity contribution is 6.74. The fourth-order valence-corrected chi connectivity index (χ4v) is 5.63. The number of benzene rings is 1. The molecule has 2 aliphatic rings. The molecule has 1 saturated heterocycles. The topological polar surface area (TPSA) is 46.6 Å². The number of carbonyl (C=O) groups excluding carboxylic acids is 2. The molecule has 0 radical (unpaired) electrons. The number of fused-ring (bicyclic) bond motifs is 3. The van der Waals surface area contributed by atoms with E-state index in [2.05, 4.69) is 72.0 Å². The fourth-order valence-electron chi connectivity index (χ4n) is 4.61. The van der Waals surface area contributed by atoms with Gasteiger partial charge in [0.05, 0.1) is 12.5 Å². The first-order valence-corrected chi connectivity index (χ1v) is 12.8. The summed E-state index contributed by atoms with van der Waals surface area (Å²) in [6.07, 6.45) is 0.844. The van der Waals surface area contributed by atoms with Gasteiger partial charge in [-0.05, 0) is 29.3 Å². The van der Waals surface area contributed by atoms with Crippen molar-refractivity contribution in [3.8, 4) is 0 Å². The van der Waals surface area contributed by atoms with Gasteiger partial charge in [-0.25, -0.2) is 0 Å². The Hall–Kier alpha value is -1.40. The monoisotopic (exact) mass is 385 g/mol. The van der Waals surface area contributed by atoms with Crippen molar-refractivity contribution in [1.82, 2.24) is 4.81 Å². The molecule has 1 fully saturated rings. The fraction of sp³-hybridized carbons (Fsp3) is 0.619. The average molecular weight is 385 g/mol. The van der Waals surface area contributed by atoms with Gasteiger partial charge in [-0.2, -0.15) is 0 Å². The minimum Gasteiger partial charge on any atom is -0.415 e. The standard InChI is InChI=1S/C21H32BNO3Si/c1-20(2,3)27(6,7)26-12-16-17-14-10-8-9-11-15(14)21(4,5)18(17)19(25)23(16)22-13-24/h8-11,13,16-18,22H,12H2,1-7H3/t16-,17-,18?/m1/s1. The van der Waals surface area contributed by atoms with Crippen LogP contribution in [-0.2, 0) is 19.4 Å². The second-order valence-corrected chi connectivity index (χ2v) is 14.9. The molecule has 6 heteroatoms. The van der Waals surface area contributed by atoms with Gasteiger partial charge in [-0.15, -0.1) is 0 Å². The maximum Gasteiger partial charge on any atom is 0.313 e. The molecule has 1 aliphatic carbocycles. The lowest BCUT2D eigenvalue weighted by Gasteiger charge is -2.38. The molecule has 3 atom stereocenters. The third kappa shape index (κ3) is 3.11. The molecular formula is C21H32BNO3Si. The summed E-state index contributed by atoms with van der Waals surface area (Å²) in [5, 5.41) is 0.108. The quantitative estimate of drug-likeness (QED) is 0.576. The molecule has 27 heavy (non-hydrogen) atoms. The van der Waals surface area contributed by atoms with Crippen molar-refractivity contribution in [2.75, 3.05) is 6.61 Å². The van der Waals surface area contributed by atoms with Gasteiger partial charge in [0.2, 0.25) is 5.91 Å². The molecule has 0 saturated carbocycles. The van der Waals surface area contributed by atoms with Crippen LogP contribution in [0.4, 0.5) is 0 Å². The van der Waals surface area contributed by atoms with E-state index in [1.807, 2.05) is 0 Å². The Morgan fingerprint density at radius 1 is 1.26 bits per heavy atom. The van der Waals surface area contributed by atoms with Crippen molar-refractivity contribution in [3.05, 3.63) is 35.4 Å². The Balaban J connectivity index is 1.99. The van der Waals surface area contributed by atoms with Crippen LogP contribution in [0.15, 0.2) is 24.3 Å². The molecule has 0 aromatic heterocycles. The zero-order chi connectivity index (χ0) is 20.2. The van der Waals surface area contributed by atoms with E-state index in [4.69, 9.17) is 4.43 Å². The van der Waals surface area contributed by atoms with Crippen LogP contribution >= 0.6 is 0 Å². The van der Waals surface area contributed by atoms with E-state index < -0.39 is 8.32 Å². The lowest BCUT2D eigenvalue weighted by Crippen LogP contribution is -2.47. The SMILES string of the molecule is CC1(C)c2ccccc2[C@H]2C1C(=O)N(BC=O)[C@@H]2CO[Si](C)(C)C(C)(C)C. The lowest BCUT2D eigenvalue weighted by atomic mass is 9.76. The summed E-state index contributed by atoms with van der Waals surface area (Å²) in [6.45, 7) is 15.9. The van der Waals surface area contributed by atoms with Crippen LogP contribution in [-0.4, -0.2) is 45.3 Å². The summed E-state index contributed by atoms with van der Waals surface area (Å²) in [5.41, 5.74) is 2.28. The maximum absolute atomic E-state index is 13.3. The number of carbonyl (C=O) groups is 2. The number of rotatable bonds is 5. The molecule has 1 amide bonds. The molecule has 1 aliphatic heterocycles.